The first-order valence-electron chi connectivity index (χ1n) is 15.8. The lowest BCUT2D eigenvalue weighted by Gasteiger charge is -2.38. The van der Waals surface area contributed by atoms with E-state index in [0.717, 1.165) is 43.7 Å². The second kappa shape index (κ2) is 11.5. The van der Waals surface area contributed by atoms with Gasteiger partial charge in [0.05, 0.1) is 0 Å². The maximum Gasteiger partial charge on any atom is 0.170 e. The molecule has 0 fully saturated rings. The zero-order valence-electron chi connectivity index (χ0n) is 26.2. The molecule has 0 radical (unpaired) electrons. The molecule has 1 unspecified atom stereocenters. The van der Waals surface area contributed by atoms with Gasteiger partial charge in [-0.2, -0.15) is 0 Å². The van der Waals surface area contributed by atoms with Gasteiger partial charge in [0, 0.05) is 32.6 Å². The Labute approximate surface area is 276 Å². The summed E-state index contributed by atoms with van der Waals surface area (Å²) in [5, 5.41) is 5.35. The largest absolute Gasteiger partial charge is 0.309 e. The first-order chi connectivity index (χ1) is 22.9. The molecule has 4 nitrogen and oxygen atoms in total. The highest BCUT2D eigenvalue weighted by Crippen LogP contribution is 2.45. The molecule has 0 N–H and O–H groups in total. The summed E-state index contributed by atoms with van der Waals surface area (Å²) in [5.74, 6) is 1.89. The van der Waals surface area contributed by atoms with Gasteiger partial charge in [-0.25, -0.2) is 15.0 Å². The van der Waals surface area contributed by atoms with Crippen LogP contribution in [0.5, 0.6) is 0 Å². The number of rotatable bonds is 5. The van der Waals surface area contributed by atoms with Gasteiger partial charge in [-0.1, -0.05) is 165 Å². The SMILES string of the molecule is C[Si]1(C)c2ccccc2P(=O)(c2ccccc2)c2cc(-c3ccc(-c4nc(-c5ccccc5)nc(-c5ccccc5)n4)cc3)ccc21. The normalized spacial score (nSPS) is 16.2. The highest BCUT2D eigenvalue weighted by Gasteiger charge is 2.45. The number of hydrogen-bond acceptors (Lipinski definition) is 4. The van der Waals surface area contributed by atoms with E-state index in [2.05, 4.69) is 73.8 Å². The van der Waals surface area contributed by atoms with Gasteiger partial charge in [0.2, 0.25) is 0 Å². The molecule has 1 atom stereocenters. The lowest BCUT2D eigenvalue weighted by Crippen LogP contribution is -2.67. The second-order valence-corrected chi connectivity index (χ2v) is 19.5. The maximum absolute atomic E-state index is 15.5. The van der Waals surface area contributed by atoms with Crippen LogP contribution in [0.25, 0.3) is 45.3 Å². The van der Waals surface area contributed by atoms with Crippen molar-refractivity contribution in [3.05, 3.63) is 158 Å². The first-order valence-corrected chi connectivity index (χ1v) is 20.5. The van der Waals surface area contributed by atoms with Crippen LogP contribution in [-0.4, -0.2) is 23.0 Å². The molecule has 0 amide bonds. The van der Waals surface area contributed by atoms with Crippen molar-refractivity contribution < 1.29 is 4.57 Å². The molecule has 1 aliphatic rings. The predicted molar refractivity (Wildman–Crippen MR) is 198 cm³/mol. The summed E-state index contributed by atoms with van der Waals surface area (Å²) in [5.41, 5.74) is 4.88. The van der Waals surface area contributed by atoms with Gasteiger partial charge in [-0.3, -0.25) is 0 Å². The highest BCUT2D eigenvalue weighted by atomic mass is 31.2. The van der Waals surface area contributed by atoms with E-state index >= 15 is 4.57 Å². The minimum Gasteiger partial charge on any atom is -0.309 e. The Morgan fingerprint density at radius 3 is 1.43 bits per heavy atom. The monoisotopic (exact) mass is 641 g/mol. The Bertz CT molecular complexity index is 2230. The molecule has 7 aromatic rings. The molecule has 0 bridgehead atoms. The molecule has 1 aliphatic heterocycles. The van der Waals surface area contributed by atoms with Crippen molar-refractivity contribution in [1.29, 1.82) is 0 Å². The standard InChI is InChI=1S/C41H32N3OPSi/c1-47(2)37-21-13-12-20-35(37)46(45,34-18-10-5-11-19-34)36-28-33(26-27-38(36)47)29-22-24-32(25-23-29)41-43-39(30-14-6-3-7-15-30)42-40(44-41)31-16-8-4-9-17-31/h3-28H,1-2H3. The van der Waals surface area contributed by atoms with E-state index in [9.17, 15) is 0 Å². The molecule has 0 saturated heterocycles. The van der Waals surface area contributed by atoms with Gasteiger partial charge in [-0.05, 0) is 27.6 Å². The van der Waals surface area contributed by atoms with Crippen molar-refractivity contribution in [1.82, 2.24) is 15.0 Å². The van der Waals surface area contributed by atoms with E-state index < -0.39 is 15.2 Å². The number of fused-ring (bicyclic) bond motifs is 2. The van der Waals surface area contributed by atoms with Crippen LogP contribution in [0.1, 0.15) is 0 Å². The molecule has 2 heterocycles. The molecular formula is C41H32N3OPSi. The quantitative estimate of drug-likeness (QED) is 0.146. The van der Waals surface area contributed by atoms with E-state index in [-0.39, 0.29) is 0 Å². The average Bonchev–Trinajstić information content (AvgIpc) is 3.15. The van der Waals surface area contributed by atoms with Gasteiger partial charge >= 0.3 is 0 Å². The van der Waals surface area contributed by atoms with Crippen LogP contribution in [0.3, 0.4) is 0 Å². The van der Waals surface area contributed by atoms with Crippen LogP contribution in [0, 0.1) is 0 Å². The lowest BCUT2D eigenvalue weighted by molar-refractivity contribution is 0.592. The average molecular weight is 642 g/mol. The Hall–Kier alpha value is -5.22. The third-order valence-electron chi connectivity index (χ3n) is 9.22. The summed E-state index contributed by atoms with van der Waals surface area (Å²) in [6.45, 7) is 4.74. The maximum atomic E-state index is 15.5. The van der Waals surface area contributed by atoms with Crippen LogP contribution < -0.4 is 26.3 Å². The molecule has 6 heteroatoms. The fourth-order valence-electron chi connectivity index (χ4n) is 6.72. The van der Waals surface area contributed by atoms with Crippen molar-refractivity contribution in [2.24, 2.45) is 0 Å². The van der Waals surface area contributed by atoms with Crippen LogP contribution >= 0.6 is 7.14 Å². The Kier molecular flexibility index (Phi) is 7.17. The predicted octanol–water partition coefficient (Wildman–Crippen LogP) is 7.32. The molecule has 8 rings (SSSR count). The van der Waals surface area contributed by atoms with Crippen molar-refractivity contribution in [3.8, 4) is 45.3 Å². The third-order valence-corrected chi connectivity index (χ3v) is 16.4. The van der Waals surface area contributed by atoms with Crippen molar-refractivity contribution in [3.63, 3.8) is 0 Å². The van der Waals surface area contributed by atoms with Gasteiger partial charge in [0.25, 0.3) is 0 Å². The fourth-order valence-corrected chi connectivity index (χ4v) is 14.9. The summed E-state index contributed by atoms with van der Waals surface area (Å²) in [6.07, 6.45) is 0. The Balaban J connectivity index is 1.23. The van der Waals surface area contributed by atoms with Crippen LogP contribution in [-0.2, 0) is 4.57 Å². The van der Waals surface area contributed by atoms with Crippen molar-refractivity contribution in [2.45, 2.75) is 13.1 Å². The smallest absolute Gasteiger partial charge is 0.170 e. The number of nitrogens with zero attached hydrogens (tertiary/aromatic N) is 3. The van der Waals surface area contributed by atoms with Crippen LogP contribution in [0.15, 0.2) is 158 Å². The topological polar surface area (TPSA) is 55.7 Å². The van der Waals surface area contributed by atoms with E-state index in [1.807, 2.05) is 97.1 Å². The molecule has 226 valence electrons. The summed E-state index contributed by atoms with van der Waals surface area (Å²) < 4.78 is 15.5. The third kappa shape index (κ3) is 5.00. The number of aromatic nitrogens is 3. The van der Waals surface area contributed by atoms with Gasteiger partial charge in [-0.15, -0.1) is 0 Å². The lowest BCUT2D eigenvalue weighted by atomic mass is 10.0. The van der Waals surface area contributed by atoms with Gasteiger partial charge in [0.15, 0.2) is 24.6 Å². The van der Waals surface area contributed by atoms with E-state index in [4.69, 9.17) is 15.0 Å². The Morgan fingerprint density at radius 2 is 0.851 bits per heavy atom. The summed E-state index contributed by atoms with van der Waals surface area (Å²) >= 11 is 0. The van der Waals surface area contributed by atoms with Crippen molar-refractivity contribution in [2.75, 3.05) is 0 Å². The summed E-state index contributed by atoms with van der Waals surface area (Å²) in [7, 11) is -5.18. The summed E-state index contributed by atoms with van der Waals surface area (Å²) in [6, 6.07) is 53.4. The zero-order valence-corrected chi connectivity index (χ0v) is 28.1. The first kappa shape index (κ1) is 29.2. The van der Waals surface area contributed by atoms with Gasteiger partial charge < -0.3 is 4.57 Å². The minimum atomic E-state index is -3.09. The molecule has 0 aliphatic carbocycles. The number of benzene rings is 6. The fraction of sp³-hybridized carbons (Fsp3) is 0.0488. The van der Waals surface area contributed by atoms with E-state index in [1.165, 1.54) is 10.4 Å². The zero-order chi connectivity index (χ0) is 32.0. The molecule has 6 aromatic carbocycles. The molecule has 0 saturated carbocycles. The molecule has 0 spiro atoms. The minimum absolute atomic E-state index is 0.618. The second-order valence-electron chi connectivity index (χ2n) is 12.4. The van der Waals surface area contributed by atoms with Crippen molar-refractivity contribution >= 4 is 41.5 Å². The molecule has 47 heavy (non-hydrogen) atoms. The highest BCUT2D eigenvalue weighted by molar-refractivity contribution is 7.86. The van der Waals surface area contributed by atoms with E-state index in [1.54, 1.807) is 0 Å². The van der Waals surface area contributed by atoms with Crippen LogP contribution in [0.4, 0.5) is 0 Å². The summed E-state index contributed by atoms with van der Waals surface area (Å²) in [4.78, 5) is 14.6. The number of hydrogen-bond donors (Lipinski definition) is 0. The molecular weight excluding hydrogens is 610 g/mol. The Morgan fingerprint density at radius 1 is 0.426 bits per heavy atom. The van der Waals surface area contributed by atoms with Crippen LogP contribution in [0.2, 0.25) is 13.1 Å². The molecule has 1 aromatic heterocycles. The van der Waals surface area contributed by atoms with E-state index in [0.29, 0.717) is 17.5 Å². The van der Waals surface area contributed by atoms with Gasteiger partial charge in [0.1, 0.15) is 8.07 Å².